The Labute approximate surface area is 111 Å². The van der Waals surface area contributed by atoms with E-state index in [2.05, 4.69) is 9.71 Å². The van der Waals surface area contributed by atoms with Gasteiger partial charge < -0.3 is 0 Å². The van der Waals surface area contributed by atoms with E-state index in [0.717, 1.165) is 6.26 Å². The average Bonchev–Trinajstić information content (AvgIpc) is 2.13. The summed E-state index contributed by atoms with van der Waals surface area (Å²) in [6, 6.07) is 1.98. The molecule has 0 aliphatic rings. The molecule has 0 bridgehead atoms. The van der Waals surface area contributed by atoms with Gasteiger partial charge in [0.2, 0.25) is 10.0 Å². The van der Waals surface area contributed by atoms with Crippen LogP contribution in [0.2, 0.25) is 5.15 Å². The van der Waals surface area contributed by atoms with Gasteiger partial charge in [0.1, 0.15) is 19.9 Å². The lowest BCUT2D eigenvalue weighted by atomic mass is 10.4. The largest absolute Gasteiger partial charge is 0.243 e. The maximum absolute atomic E-state index is 11.9. The number of pyridine rings is 1. The highest BCUT2D eigenvalue weighted by molar-refractivity contribution is 7.91. The van der Waals surface area contributed by atoms with Crippen LogP contribution in [0, 0.1) is 0 Å². The topological polar surface area (TPSA) is 93.2 Å². The molecule has 1 aromatic rings. The molecule has 0 spiro atoms. The number of sulfone groups is 1. The number of aromatic nitrogens is 1. The zero-order chi connectivity index (χ0) is 14.0. The monoisotopic (exact) mass is 312 g/mol. The van der Waals surface area contributed by atoms with Crippen LogP contribution in [0.25, 0.3) is 0 Å². The lowest BCUT2D eigenvalue weighted by Gasteiger charge is -2.13. The zero-order valence-corrected chi connectivity index (χ0v) is 12.2. The fourth-order valence-electron chi connectivity index (χ4n) is 1.39. The molecule has 0 aromatic carbocycles. The van der Waals surface area contributed by atoms with Crippen molar-refractivity contribution in [3.05, 3.63) is 23.5 Å². The summed E-state index contributed by atoms with van der Waals surface area (Å²) in [7, 11) is -7.14. The molecule has 1 rings (SSSR count). The molecule has 1 N–H and O–H groups in total. The number of hydrogen-bond acceptors (Lipinski definition) is 5. The van der Waals surface area contributed by atoms with Gasteiger partial charge in [-0.1, -0.05) is 11.6 Å². The van der Waals surface area contributed by atoms with Crippen molar-refractivity contribution in [2.24, 2.45) is 0 Å². The summed E-state index contributed by atoms with van der Waals surface area (Å²) in [6.45, 7) is 1.46. The second-order valence-corrected chi connectivity index (χ2v) is 8.13. The van der Waals surface area contributed by atoms with Crippen LogP contribution >= 0.6 is 11.6 Å². The predicted molar refractivity (Wildman–Crippen MR) is 68.7 cm³/mol. The third-order valence-electron chi connectivity index (χ3n) is 1.92. The third kappa shape index (κ3) is 4.52. The van der Waals surface area contributed by atoms with Crippen LogP contribution in [0.4, 0.5) is 0 Å². The predicted octanol–water partition coefficient (Wildman–Crippen LogP) is 0.446. The van der Waals surface area contributed by atoms with Crippen LogP contribution in [0.5, 0.6) is 0 Å². The molecule has 0 aliphatic heterocycles. The van der Waals surface area contributed by atoms with Gasteiger partial charge >= 0.3 is 0 Å². The Morgan fingerprint density at radius 1 is 1.39 bits per heavy atom. The lowest BCUT2D eigenvalue weighted by Crippen LogP contribution is -2.37. The Morgan fingerprint density at radius 2 is 2.00 bits per heavy atom. The summed E-state index contributed by atoms with van der Waals surface area (Å²) in [5, 5.41) is -0.156. The van der Waals surface area contributed by atoms with Crippen LogP contribution in [-0.2, 0) is 19.9 Å². The molecule has 102 valence electrons. The minimum absolute atomic E-state index is 0.156. The van der Waals surface area contributed by atoms with E-state index in [0.29, 0.717) is 0 Å². The molecule has 1 heterocycles. The number of rotatable bonds is 5. The molecule has 1 atom stereocenters. The van der Waals surface area contributed by atoms with E-state index in [1.54, 1.807) is 0 Å². The van der Waals surface area contributed by atoms with E-state index in [1.807, 2.05) is 0 Å². The third-order valence-corrected chi connectivity index (χ3v) is 5.06. The molecular formula is C9H13ClN2O4S2. The van der Waals surface area contributed by atoms with Crippen LogP contribution in [-0.4, -0.2) is 39.9 Å². The molecule has 1 aromatic heterocycles. The number of halogens is 1. The molecule has 9 heteroatoms. The van der Waals surface area contributed by atoms with Gasteiger partial charge in [0.25, 0.3) is 0 Å². The highest BCUT2D eigenvalue weighted by Crippen LogP contribution is 2.17. The average molecular weight is 313 g/mol. The molecule has 0 radical (unpaired) electrons. The Kier molecular flexibility index (Phi) is 4.71. The first kappa shape index (κ1) is 15.4. The van der Waals surface area contributed by atoms with E-state index in [-0.39, 0.29) is 15.8 Å². The van der Waals surface area contributed by atoms with E-state index in [4.69, 9.17) is 11.6 Å². The van der Waals surface area contributed by atoms with Crippen molar-refractivity contribution in [3.63, 3.8) is 0 Å². The van der Waals surface area contributed by atoms with E-state index in [9.17, 15) is 16.8 Å². The lowest BCUT2D eigenvalue weighted by molar-refractivity contribution is 0.564. The zero-order valence-electron chi connectivity index (χ0n) is 9.79. The van der Waals surface area contributed by atoms with E-state index >= 15 is 0 Å². The molecule has 0 saturated carbocycles. The Balaban J connectivity index is 2.93. The van der Waals surface area contributed by atoms with Gasteiger partial charge in [0, 0.05) is 18.5 Å². The van der Waals surface area contributed by atoms with Crippen LogP contribution in [0.1, 0.15) is 6.92 Å². The van der Waals surface area contributed by atoms with Gasteiger partial charge in [-0.3, -0.25) is 0 Å². The minimum Gasteiger partial charge on any atom is -0.243 e. The summed E-state index contributed by atoms with van der Waals surface area (Å²) in [5.41, 5.74) is 0. The number of sulfonamides is 1. The summed E-state index contributed by atoms with van der Waals surface area (Å²) in [6.07, 6.45) is 2.40. The van der Waals surface area contributed by atoms with Gasteiger partial charge in [-0.2, -0.15) is 0 Å². The maximum atomic E-state index is 11.9. The van der Waals surface area contributed by atoms with Crippen molar-refractivity contribution in [1.29, 1.82) is 0 Å². The van der Waals surface area contributed by atoms with Crippen molar-refractivity contribution < 1.29 is 16.8 Å². The fourth-order valence-corrected chi connectivity index (χ4v) is 4.18. The quantitative estimate of drug-likeness (QED) is 0.797. The van der Waals surface area contributed by atoms with Gasteiger partial charge in [0.05, 0.1) is 5.75 Å². The Bertz CT molecular complexity index is 628. The SMILES string of the molecule is CC(CS(C)(=O)=O)NS(=O)(=O)c1cccnc1Cl. The smallest absolute Gasteiger partial charge is 0.243 e. The summed E-state index contributed by atoms with van der Waals surface area (Å²) in [4.78, 5) is 3.48. The standard InChI is InChI=1S/C9H13ClN2O4S2/c1-7(6-17(2,13)14)12-18(15,16)8-4-3-5-11-9(8)10/h3-5,7,12H,6H2,1-2H3. The normalized spacial score (nSPS) is 14.4. The maximum Gasteiger partial charge on any atom is 0.243 e. The van der Waals surface area contributed by atoms with Gasteiger partial charge in [-0.15, -0.1) is 0 Å². The Morgan fingerprint density at radius 3 is 2.50 bits per heavy atom. The minimum atomic E-state index is -3.87. The molecule has 0 aliphatic carbocycles. The molecule has 1 unspecified atom stereocenters. The first-order valence-corrected chi connectivity index (χ1v) is 8.84. The van der Waals surface area contributed by atoms with Crippen LogP contribution < -0.4 is 4.72 Å². The van der Waals surface area contributed by atoms with E-state index < -0.39 is 25.9 Å². The van der Waals surface area contributed by atoms with Crippen molar-refractivity contribution in [2.75, 3.05) is 12.0 Å². The molecular weight excluding hydrogens is 300 g/mol. The molecule has 0 amide bonds. The number of hydrogen-bond donors (Lipinski definition) is 1. The number of nitrogens with zero attached hydrogens (tertiary/aromatic N) is 1. The van der Waals surface area contributed by atoms with Gasteiger partial charge in [0.15, 0.2) is 0 Å². The summed E-state index contributed by atoms with van der Waals surface area (Å²) in [5.74, 6) is -0.288. The summed E-state index contributed by atoms with van der Waals surface area (Å²) < 4.78 is 48.2. The van der Waals surface area contributed by atoms with E-state index in [1.165, 1.54) is 25.3 Å². The molecule has 6 nitrogen and oxygen atoms in total. The molecule has 0 saturated heterocycles. The second kappa shape index (κ2) is 5.52. The molecule has 0 fully saturated rings. The van der Waals surface area contributed by atoms with Crippen LogP contribution in [0.3, 0.4) is 0 Å². The Hall–Kier alpha value is -0.700. The first-order valence-electron chi connectivity index (χ1n) is 4.92. The van der Waals surface area contributed by atoms with Crippen molar-refractivity contribution in [2.45, 2.75) is 17.9 Å². The molecule has 18 heavy (non-hydrogen) atoms. The van der Waals surface area contributed by atoms with Crippen molar-refractivity contribution in [3.8, 4) is 0 Å². The fraction of sp³-hybridized carbons (Fsp3) is 0.444. The van der Waals surface area contributed by atoms with Gasteiger partial charge in [-0.05, 0) is 19.1 Å². The first-order chi connectivity index (χ1) is 8.12. The van der Waals surface area contributed by atoms with Crippen LogP contribution in [0.15, 0.2) is 23.2 Å². The summed E-state index contributed by atoms with van der Waals surface area (Å²) >= 11 is 5.68. The highest BCUT2D eigenvalue weighted by atomic mass is 35.5. The van der Waals surface area contributed by atoms with Gasteiger partial charge in [-0.25, -0.2) is 26.5 Å². The highest BCUT2D eigenvalue weighted by Gasteiger charge is 2.22. The number of nitrogens with one attached hydrogen (secondary N) is 1. The van der Waals surface area contributed by atoms with Crippen molar-refractivity contribution in [1.82, 2.24) is 9.71 Å². The second-order valence-electron chi connectivity index (χ2n) is 3.91. The van der Waals surface area contributed by atoms with Crippen molar-refractivity contribution >= 4 is 31.5 Å².